The van der Waals surface area contributed by atoms with Crippen molar-refractivity contribution in [2.75, 3.05) is 6.54 Å². The zero-order chi connectivity index (χ0) is 17.5. The fourth-order valence-corrected chi connectivity index (χ4v) is 1.73. The molecule has 0 aliphatic carbocycles. The van der Waals surface area contributed by atoms with E-state index in [1.165, 1.54) is 42.6 Å². The number of nitrogens with one attached hydrogen (secondary N) is 2. The molecule has 2 rings (SSSR count). The molecule has 2 aromatic rings. The maximum atomic E-state index is 13.0. The average Bonchev–Trinajstić information content (AvgIpc) is 2.56. The van der Waals surface area contributed by atoms with Crippen LogP contribution in [-0.4, -0.2) is 34.8 Å². The van der Waals surface area contributed by atoms with Crippen molar-refractivity contribution in [2.24, 2.45) is 5.10 Å². The minimum absolute atomic E-state index is 0.103. The first-order valence-corrected chi connectivity index (χ1v) is 6.83. The maximum absolute atomic E-state index is 13.0. The van der Waals surface area contributed by atoms with Gasteiger partial charge in [-0.1, -0.05) is 6.07 Å². The Kier molecular flexibility index (Phi) is 5.45. The Morgan fingerprint density at radius 1 is 1.12 bits per heavy atom. The van der Waals surface area contributed by atoms with E-state index >= 15 is 0 Å². The molecule has 0 saturated carbocycles. The van der Waals surface area contributed by atoms with E-state index < -0.39 is 17.6 Å². The van der Waals surface area contributed by atoms with Crippen LogP contribution in [0.2, 0.25) is 0 Å². The molecule has 2 amide bonds. The molecule has 0 bridgehead atoms. The summed E-state index contributed by atoms with van der Waals surface area (Å²) >= 11 is 0. The highest BCUT2D eigenvalue weighted by atomic mass is 19.1. The Hall–Kier alpha value is -3.42. The van der Waals surface area contributed by atoms with Gasteiger partial charge in [0.05, 0.1) is 12.8 Å². The van der Waals surface area contributed by atoms with Crippen molar-refractivity contribution < 1.29 is 24.2 Å². The zero-order valence-corrected chi connectivity index (χ0v) is 12.4. The quantitative estimate of drug-likeness (QED) is 0.374. The topological polar surface area (TPSA) is 111 Å². The Morgan fingerprint density at radius 3 is 2.62 bits per heavy atom. The standard InChI is InChI=1S/C16H14FN3O4/c17-12-3-1-2-11(7-12)16(24)18-9-15(23)20-19-8-10-4-5-13(21)14(22)6-10/h1-8,21-22H,9H2,(H,18,24)(H,20,23). The lowest BCUT2D eigenvalue weighted by Crippen LogP contribution is -2.34. The highest BCUT2D eigenvalue weighted by Gasteiger charge is 2.08. The molecular weight excluding hydrogens is 317 g/mol. The first kappa shape index (κ1) is 16.9. The van der Waals surface area contributed by atoms with Crippen molar-refractivity contribution in [2.45, 2.75) is 0 Å². The van der Waals surface area contributed by atoms with Crippen LogP contribution in [0.5, 0.6) is 11.5 Å². The summed E-state index contributed by atoms with van der Waals surface area (Å²) < 4.78 is 13.0. The van der Waals surface area contributed by atoms with Crippen molar-refractivity contribution in [3.8, 4) is 11.5 Å². The highest BCUT2D eigenvalue weighted by Crippen LogP contribution is 2.23. The Labute approximate surface area is 136 Å². The number of carbonyl (C=O) groups excluding carboxylic acids is 2. The van der Waals surface area contributed by atoms with E-state index in [-0.39, 0.29) is 23.6 Å². The number of nitrogens with zero attached hydrogens (tertiary/aromatic N) is 1. The molecule has 4 N–H and O–H groups in total. The smallest absolute Gasteiger partial charge is 0.259 e. The maximum Gasteiger partial charge on any atom is 0.259 e. The number of phenolic OH excluding ortho intramolecular Hbond substituents is 2. The second-order valence-electron chi connectivity index (χ2n) is 4.73. The van der Waals surface area contributed by atoms with Gasteiger partial charge in [0.2, 0.25) is 0 Å². The molecule has 24 heavy (non-hydrogen) atoms. The third kappa shape index (κ3) is 4.80. The number of phenols is 2. The minimum Gasteiger partial charge on any atom is -0.504 e. The van der Waals surface area contributed by atoms with Crippen LogP contribution in [-0.2, 0) is 4.79 Å². The van der Waals surface area contributed by atoms with E-state index in [2.05, 4.69) is 15.8 Å². The molecule has 2 aromatic carbocycles. The average molecular weight is 331 g/mol. The van der Waals surface area contributed by atoms with Crippen LogP contribution >= 0.6 is 0 Å². The number of hydrogen-bond donors (Lipinski definition) is 4. The van der Waals surface area contributed by atoms with Gasteiger partial charge in [-0.3, -0.25) is 9.59 Å². The van der Waals surface area contributed by atoms with Crippen LogP contribution in [0.1, 0.15) is 15.9 Å². The number of hydrogen-bond acceptors (Lipinski definition) is 5. The molecule has 0 radical (unpaired) electrons. The van der Waals surface area contributed by atoms with E-state index in [0.717, 1.165) is 6.07 Å². The summed E-state index contributed by atoms with van der Waals surface area (Å²) in [5.41, 5.74) is 2.74. The molecule has 0 unspecified atom stereocenters. The molecule has 0 aromatic heterocycles. The molecule has 0 atom stereocenters. The van der Waals surface area contributed by atoms with Crippen molar-refractivity contribution >= 4 is 18.0 Å². The van der Waals surface area contributed by atoms with Crippen LogP contribution < -0.4 is 10.7 Å². The highest BCUT2D eigenvalue weighted by molar-refractivity contribution is 5.96. The summed E-state index contributed by atoms with van der Waals surface area (Å²) in [6.07, 6.45) is 1.26. The summed E-state index contributed by atoms with van der Waals surface area (Å²) in [5, 5.41) is 24.4. The van der Waals surface area contributed by atoms with Gasteiger partial charge in [-0.2, -0.15) is 5.10 Å². The van der Waals surface area contributed by atoms with Crippen LogP contribution in [0.4, 0.5) is 4.39 Å². The number of aromatic hydroxyl groups is 2. The molecular formula is C16H14FN3O4. The van der Waals surface area contributed by atoms with E-state index in [9.17, 15) is 19.1 Å². The van der Waals surface area contributed by atoms with Gasteiger partial charge < -0.3 is 15.5 Å². The molecule has 0 aliphatic heterocycles. The van der Waals surface area contributed by atoms with Crippen LogP contribution in [0.15, 0.2) is 47.6 Å². The summed E-state index contributed by atoms with van der Waals surface area (Å²) in [6.45, 7) is -0.340. The van der Waals surface area contributed by atoms with Crippen molar-refractivity contribution in [3.63, 3.8) is 0 Å². The molecule has 7 nitrogen and oxygen atoms in total. The minimum atomic E-state index is -0.586. The molecule has 8 heteroatoms. The second-order valence-corrected chi connectivity index (χ2v) is 4.73. The first-order valence-electron chi connectivity index (χ1n) is 6.83. The van der Waals surface area contributed by atoms with Crippen molar-refractivity contribution in [1.82, 2.24) is 10.7 Å². The van der Waals surface area contributed by atoms with Gasteiger partial charge in [0.15, 0.2) is 11.5 Å². The number of halogens is 1. The van der Waals surface area contributed by atoms with Gasteiger partial charge in [-0.25, -0.2) is 9.82 Å². The van der Waals surface area contributed by atoms with Crippen LogP contribution in [0.3, 0.4) is 0 Å². The van der Waals surface area contributed by atoms with Gasteiger partial charge in [0, 0.05) is 5.56 Å². The van der Waals surface area contributed by atoms with Gasteiger partial charge in [0.1, 0.15) is 5.82 Å². The number of benzene rings is 2. The third-order valence-corrected chi connectivity index (χ3v) is 2.90. The van der Waals surface area contributed by atoms with Gasteiger partial charge in [0.25, 0.3) is 11.8 Å². The number of amides is 2. The number of rotatable bonds is 5. The second kappa shape index (κ2) is 7.73. The van der Waals surface area contributed by atoms with E-state index in [4.69, 9.17) is 5.11 Å². The first-order chi connectivity index (χ1) is 11.5. The van der Waals surface area contributed by atoms with Gasteiger partial charge in [-0.05, 0) is 42.0 Å². The lowest BCUT2D eigenvalue weighted by molar-refractivity contribution is -0.120. The number of carbonyl (C=O) groups is 2. The summed E-state index contributed by atoms with van der Waals surface area (Å²) in [7, 11) is 0. The fourth-order valence-electron chi connectivity index (χ4n) is 1.73. The molecule has 0 heterocycles. The van der Waals surface area contributed by atoms with Crippen molar-refractivity contribution in [1.29, 1.82) is 0 Å². The molecule has 124 valence electrons. The van der Waals surface area contributed by atoms with E-state index in [0.29, 0.717) is 5.56 Å². The summed E-state index contributed by atoms with van der Waals surface area (Å²) in [4.78, 5) is 23.3. The van der Waals surface area contributed by atoms with E-state index in [1.54, 1.807) is 0 Å². The Bertz CT molecular complexity index is 793. The molecule has 0 saturated heterocycles. The largest absolute Gasteiger partial charge is 0.504 e. The summed E-state index contributed by atoms with van der Waals surface area (Å²) in [6, 6.07) is 9.10. The summed E-state index contributed by atoms with van der Waals surface area (Å²) in [5.74, 6) is -2.30. The van der Waals surface area contributed by atoms with Crippen LogP contribution in [0.25, 0.3) is 0 Å². The molecule has 0 fully saturated rings. The third-order valence-electron chi connectivity index (χ3n) is 2.90. The predicted octanol–water partition coefficient (Wildman–Crippen LogP) is 1.12. The predicted molar refractivity (Wildman–Crippen MR) is 84.2 cm³/mol. The van der Waals surface area contributed by atoms with Gasteiger partial charge >= 0.3 is 0 Å². The lowest BCUT2D eigenvalue weighted by Gasteiger charge is -2.04. The Morgan fingerprint density at radius 2 is 1.92 bits per heavy atom. The number of hydrazone groups is 1. The SMILES string of the molecule is O=C(CNC(=O)c1cccc(F)c1)NN=Cc1ccc(O)c(O)c1. The van der Waals surface area contributed by atoms with Gasteiger partial charge in [-0.15, -0.1) is 0 Å². The normalized spacial score (nSPS) is 10.5. The fraction of sp³-hybridized carbons (Fsp3) is 0.0625. The van der Waals surface area contributed by atoms with Crippen molar-refractivity contribution in [3.05, 3.63) is 59.4 Å². The Balaban J connectivity index is 1.81. The lowest BCUT2D eigenvalue weighted by atomic mass is 10.2. The molecule has 0 spiro atoms. The zero-order valence-electron chi connectivity index (χ0n) is 12.4. The molecule has 0 aliphatic rings. The van der Waals surface area contributed by atoms with Crippen LogP contribution in [0, 0.1) is 5.82 Å². The van der Waals surface area contributed by atoms with E-state index in [1.807, 2.05) is 0 Å². The monoisotopic (exact) mass is 331 g/mol.